The molecule has 1 aromatic heterocycles. The number of thiazole rings is 1. The standard InChI is InChI=1S/C17H14N4O2S2/c18-16-15-4-2-1-3-12(15)11-21(16)13-5-7-14(8-6-13)25(22,23)20-17-19-9-10-24-17/h1-10,18H,11H2,(H,19,20)/p+1. The zero-order valence-corrected chi connectivity index (χ0v) is 14.7. The molecule has 3 N–H and O–H groups in total. The maximum Gasteiger partial charge on any atom is 0.280 e. The Hall–Kier alpha value is -2.71. The number of fused-ring (bicyclic) bond motifs is 1. The fourth-order valence-electron chi connectivity index (χ4n) is 2.79. The molecule has 2 heterocycles. The molecule has 0 saturated carbocycles. The fourth-order valence-corrected chi connectivity index (χ4v) is 4.58. The highest BCUT2D eigenvalue weighted by atomic mass is 32.2. The van der Waals surface area contributed by atoms with Crippen LogP contribution in [0.15, 0.2) is 65.0 Å². The highest BCUT2D eigenvalue weighted by Crippen LogP contribution is 2.25. The zero-order valence-electron chi connectivity index (χ0n) is 13.1. The van der Waals surface area contributed by atoms with Gasteiger partial charge in [-0.05, 0) is 30.3 Å². The third-order valence-corrected chi connectivity index (χ3v) is 6.20. The molecule has 0 fully saturated rings. The van der Waals surface area contributed by atoms with Gasteiger partial charge >= 0.3 is 0 Å². The average Bonchev–Trinajstić information content (AvgIpc) is 3.23. The molecular weight excluding hydrogens is 356 g/mol. The van der Waals surface area contributed by atoms with E-state index in [-0.39, 0.29) is 4.90 Å². The number of sulfonamides is 1. The Labute approximate surface area is 149 Å². The van der Waals surface area contributed by atoms with Crippen molar-refractivity contribution in [3.8, 4) is 0 Å². The normalized spacial score (nSPS) is 13.8. The molecule has 8 heteroatoms. The lowest BCUT2D eigenvalue weighted by molar-refractivity contribution is -0.453. The Morgan fingerprint density at radius 2 is 1.88 bits per heavy atom. The number of anilines is 1. The quantitative estimate of drug-likeness (QED) is 0.690. The van der Waals surface area contributed by atoms with Gasteiger partial charge in [0.25, 0.3) is 15.9 Å². The predicted molar refractivity (Wildman–Crippen MR) is 97.7 cm³/mol. The summed E-state index contributed by atoms with van der Waals surface area (Å²) < 4.78 is 29.2. The summed E-state index contributed by atoms with van der Waals surface area (Å²) in [7, 11) is -3.65. The number of nitrogens with two attached hydrogens (primary N) is 1. The van der Waals surface area contributed by atoms with E-state index in [4.69, 9.17) is 5.73 Å². The van der Waals surface area contributed by atoms with Gasteiger partial charge in [-0.1, -0.05) is 18.2 Å². The van der Waals surface area contributed by atoms with Crippen LogP contribution in [-0.4, -0.2) is 23.8 Å². The van der Waals surface area contributed by atoms with Crippen molar-refractivity contribution in [2.24, 2.45) is 5.73 Å². The van der Waals surface area contributed by atoms with Crippen molar-refractivity contribution in [3.05, 3.63) is 71.2 Å². The van der Waals surface area contributed by atoms with Gasteiger partial charge < -0.3 is 0 Å². The Morgan fingerprint density at radius 3 is 2.56 bits per heavy atom. The maximum atomic E-state index is 12.4. The van der Waals surface area contributed by atoms with Crippen LogP contribution >= 0.6 is 11.3 Å². The number of nitrogens with zero attached hydrogens (tertiary/aromatic N) is 2. The molecule has 0 saturated heterocycles. The molecule has 0 spiro atoms. The molecule has 126 valence electrons. The van der Waals surface area contributed by atoms with Crippen LogP contribution in [0.1, 0.15) is 11.1 Å². The van der Waals surface area contributed by atoms with Crippen molar-refractivity contribution in [1.29, 1.82) is 0 Å². The summed E-state index contributed by atoms with van der Waals surface area (Å²) in [6.45, 7) is 0.672. The Morgan fingerprint density at radius 1 is 1.12 bits per heavy atom. The molecule has 1 aliphatic rings. The van der Waals surface area contributed by atoms with Crippen molar-refractivity contribution < 1.29 is 13.0 Å². The summed E-state index contributed by atoms with van der Waals surface area (Å²) in [6, 6.07) is 14.6. The number of rotatable bonds is 4. The third-order valence-electron chi connectivity index (χ3n) is 4.03. The minimum atomic E-state index is -3.65. The van der Waals surface area contributed by atoms with E-state index in [2.05, 4.69) is 9.71 Å². The van der Waals surface area contributed by atoms with E-state index in [1.54, 1.807) is 35.8 Å². The number of benzene rings is 2. The summed E-state index contributed by atoms with van der Waals surface area (Å²) in [4.78, 5) is 4.12. The van der Waals surface area contributed by atoms with Crippen molar-refractivity contribution in [2.45, 2.75) is 11.4 Å². The first-order valence-corrected chi connectivity index (χ1v) is 9.91. The highest BCUT2D eigenvalue weighted by Gasteiger charge is 2.25. The molecule has 6 nitrogen and oxygen atoms in total. The monoisotopic (exact) mass is 371 g/mol. The maximum absolute atomic E-state index is 12.4. The van der Waals surface area contributed by atoms with E-state index in [0.29, 0.717) is 17.5 Å². The predicted octanol–water partition coefficient (Wildman–Crippen LogP) is 2.51. The molecular formula is C17H15N4O2S2+. The first kappa shape index (κ1) is 15.8. The van der Waals surface area contributed by atoms with Gasteiger partial charge in [0, 0.05) is 17.1 Å². The van der Waals surface area contributed by atoms with Crippen LogP contribution in [-0.2, 0) is 16.6 Å². The van der Waals surface area contributed by atoms with Gasteiger partial charge in [-0.2, -0.15) is 0 Å². The van der Waals surface area contributed by atoms with Crippen LogP contribution in [0.25, 0.3) is 0 Å². The first-order valence-electron chi connectivity index (χ1n) is 7.55. The molecule has 25 heavy (non-hydrogen) atoms. The fraction of sp³-hybridized carbons (Fsp3) is 0.0588. The van der Waals surface area contributed by atoms with Crippen LogP contribution in [0.4, 0.5) is 10.8 Å². The summed E-state index contributed by atoms with van der Waals surface area (Å²) in [5.74, 6) is 0.673. The second kappa shape index (κ2) is 5.98. The van der Waals surface area contributed by atoms with Crippen molar-refractivity contribution >= 4 is 38.0 Å². The summed E-state index contributed by atoms with van der Waals surface area (Å²) >= 11 is 1.23. The molecule has 0 aliphatic carbocycles. The summed E-state index contributed by atoms with van der Waals surface area (Å²) in [5.41, 5.74) is 9.26. The lowest BCUT2D eigenvalue weighted by Gasteiger charge is -2.07. The molecule has 0 atom stereocenters. The number of hydrogen-bond donors (Lipinski definition) is 2. The highest BCUT2D eigenvalue weighted by molar-refractivity contribution is 7.93. The van der Waals surface area contributed by atoms with Gasteiger partial charge in [-0.25, -0.2) is 18.0 Å². The minimum Gasteiger partial charge on any atom is -0.286 e. The van der Waals surface area contributed by atoms with Crippen molar-refractivity contribution in [3.63, 3.8) is 0 Å². The molecule has 1 aliphatic heterocycles. The molecule has 3 aromatic rings. The summed E-state index contributed by atoms with van der Waals surface area (Å²) in [6.07, 6.45) is 1.55. The van der Waals surface area contributed by atoms with Gasteiger partial charge in [0.2, 0.25) is 0 Å². The largest absolute Gasteiger partial charge is 0.286 e. The summed E-state index contributed by atoms with van der Waals surface area (Å²) in [5, 5.41) is 2.06. The van der Waals surface area contributed by atoms with E-state index in [1.165, 1.54) is 11.3 Å². The van der Waals surface area contributed by atoms with Crippen molar-refractivity contribution in [2.75, 3.05) is 4.72 Å². The lowest BCUT2D eigenvalue weighted by Crippen LogP contribution is -2.20. The lowest BCUT2D eigenvalue weighted by atomic mass is 10.1. The Balaban J connectivity index is 1.62. The van der Waals surface area contributed by atoms with Crippen LogP contribution in [0, 0.1) is 0 Å². The molecule has 0 unspecified atom stereocenters. The van der Waals surface area contributed by atoms with Crippen LogP contribution in [0.2, 0.25) is 0 Å². The molecule has 0 radical (unpaired) electrons. The molecule has 0 amide bonds. The molecule has 0 bridgehead atoms. The van der Waals surface area contributed by atoms with Gasteiger partial charge in [-0.3, -0.25) is 10.5 Å². The smallest absolute Gasteiger partial charge is 0.280 e. The average molecular weight is 371 g/mol. The van der Waals surface area contributed by atoms with Crippen LogP contribution in [0.5, 0.6) is 0 Å². The van der Waals surface area contributed by atoms with E-state index >= 15 is 0 Å². The van der Waals surface area contributed by atoms with Crippen LogP contribution < -0.4 is 10.5 Å². The molecule has 2 aromatic carbocycles. The number of aromatic nitrogens is 1. The topological polar surface area (TPSA) is 88.1 Å². The third kappa shape index (κ3) is 2.90. The molecule has 4 rings (SSSR count). The number of hydrogen-bond acceptors (Lipinski definition) is 5. The van der Waals surface area contributed by atoms with E-state index < -0.39 is 10.0 Å². The van der Waals surface area contributed by atoms with Gasteiger partial charge in [-0.15, -0.1) is 11.3 Å². The first-order chi connectivity index (χ1) is 12.0. The second-order valence-electron chi connectivity index (χ2n) is 5.57. The van der Waals surface area contributed by atoms with E-state index in [0.717, 1.165) is 16.8 Å². The van der Waals surface area contributed by atoms with Gasteiger partial charge in [0.15, 0.2) is 5.13 Å². The van der Waals surface area contributed by atoms with Crippen molar-refractivity contribution in [1.82, 2.24) is 4.98 Å². The zero-order chi connectivity index (χ0) is 17.4. The Kier molecular flexibility index (Phi) is 3.78. The minimum absolute atomic E-state index is 0.182. The SMILES string of the molecule is NC1=[N+](c2ccc(S(=O)(=O)Nc3nccs3)cc2)Cc2ccccc21. The van der Waals surface area contributed by atoms with Gasteiger partial charge in [0.1, 0.15) is 12.2 Å². The Bertz CT molecular complexity index is 1060. The van der Waals surface area contributed by atoms with Crippen LogP contribution in [0.3, 0.4) is 0 Å². The van der Waals surface area contributed by atoms with Gasteiger partial charge in [0.05, 0.1) is 10.5 Å². The van der Waals surface area contributed by atoms with E-state index in [9.17, 15) is 8.42 Å². The van der Waals surface area contributed by atoms with E-state index in [1.807, 2.05) is 28.8 Å². The second-order valence-corrected chi connectivity index (χ2v) is 8.14. The number of amidine groups is 1. The number of nitrogens with one attached hydrogen (secondary N) is 1.